The number of primary amides is 1. The molecule has 0 radical (unpaired) electrons. The van der Waals surface area contributed by atoms with Gasteiger partial charge in [0.05, 0.1) is 43.4 Å². The summed E-state index contributed by atoms with van der Waals surface area (Å²) in [6, 6.07) is -5.06. The Balaban J connectivity index is 1.73. The van der Waals surface area contributed by atoms with Crippen molar-refractivity contribution in [1.82, 2.24) is 47.1 Å². The van der Waals surface area contributed by atoms with E-state index in [1.54, 1.807) is 20.8 Å². The van der Waals surface area contributed by atoms with Crippen LogP contribution in [0.15, 0.2) is 23.2 Å². The number of benzene rings is 1. The first-order valence-electron chi connectivity index (χ1n) is 21.4. The quantitative estimate of drug-likeness (QED) is 0.120. The highest BCUT2D eigenvalue weighted by Crippen LogP contribution is 2.36. The van der Waals surface area contributed by atoms with Gasteiger partial charge in [-0.3, -0.25) is 43.2 Å². The number of phenols is 1. The molecule has 9 amide bonds. The molecule has 4 heterocycles. The Kier molecular flexibility index (Phi) is 16.8. The fraction of sp³-hybridized carbons (Fsp3) is 0.585. The Morgan fingerprint density at radius 3 is 2.18 bits per heavy atom. The van der Waals surface area contributed by atoms with Gasteiger partial charge in [-0.05, 0) is 29.7 Å². The number of nitrogens with zero attached hydrogens (tertiary/aromatic N) is 1. The van der Waals surface area contributed by atoms with Gasteiger partial charge in [-0.2, -0.15) is 0 Å². The summed E-state index contributed by atoms with van der Waals surface area (Å²) in [4.78, 5) is 129. The third kappa shape index (κ3) is 12.0. The van der Waals surface area contributed by atoms with E-state index >= 15 is 0 Å². The summed E-state index contributed by atoms with van der Waals surface area (Å²) < 4.78 is 0. The lowest BCUT2D eigenvalue weighted by molar-refractivity contribution is -0.144. The Morgan fingerprint density at radius 2 is 1.54 bits per heavy atom. The van der Waals surface area contributed by atoms with Gasteiger partial charge in [-0.25, -0.2) is 0 Å². The molecular weight excluding hydrogens is 873 g/mol. The number of carbonyl (C=O) groups excluding carboxylic acids is 9. The van der Waals surface area contributed by atoms with Crippen LogP contribution in [0.3, 0.4) is 0 Å². The Morgan fingerprint density at radius 1 is 0.877 bits per heavy atom. The van der Waals surface area contributed by atoms with E-state index in [2.05, 4.69) is 42.2 Å². The van der Waals surface area contributed by atoms with E-state index in [0.29, 0.717) is 29.3 Å². The lowest BCUT2D eigenvalue weighted by Crippen LogP contribution is -2.62. The van der Waals surface area contributed by atoms with E-state index in [1.807, 2.05) is 0 Å². The highest BCUT2D eigenvalue weighted by Gasteiger charge is 2.45. The first-order valence-corrected chi connectivity index (χ1v) is 22.3. The van der Waals surface area contributed by atoms with Gasteiger partial charge in [0.1, 0.15) is 42.0 Å². The number of nitrogens with two attached hydrogens (primary N) is 1. The molecule has 356 valence electrons. The number of thioether (sulfide) groups is 1. The van der Waals surface area contributed by atoms with E-state index in [4.69, 9.17) is 5.73 Å². The number of carbonyl (C=O) groups is 9. The van der Waals surface area contributed by atoms with Crippen molar-refractivity contribution in [1.29, 1.82) is 0 Å². The number of hydrogen-bond acceptors (Lipinski definition) is 14. The number of aromatic nitrogens is 1. The second kappa shape index (κ2) is 21.8. The number of amides is 9. The second-order valence-corrected chi connectivity index (χ2v) is 18.0. The first kappa shape index (κ1) is 50.0. The van der Waals surface area contributed by atoms with Crippen molar-refractivity contribution >= 4 is 75.8 Å². The van der Waals surface area contributed by atoms with Crippen LogP contribution in [0.5, 0.6) is 5.75 Å². The predicted octanol–water partition coefficient (Wildman–Crippen LogP) is -4.16. The molecule has 0 unspecified atom stereocenters. The minimum absolute atomic E-state index is 0.183. The Labute approximate surface area is 377 Å². The zero-order chi connectivity index (χ0) is 47.9. The molecule has 5 rings (SSSR count). The van der Waals surface area contributed by atoms with Crippen molar-refractivity contribution in [3.63, 3.8) is 0 Å². The van der Waals surface area contributed by atoms with Crippen LogP contribution in [-0.4, -0.2) is 163 Å². The normalized spacial score (nSPS) is 27.8. The van der Waals surface area contributed by atoms with Crippen LogP contribution in [0.4, 0.5) is 0 Å². The lowest BCUT2D eigenvalue weighted by atomic mass is 9.93. The van der Waals surface area contributed by atoms with Crippen LogP contribution in [-0.2, 0) is 49.6 Å². The van der Waals surface area contributed by atoms with E-state index < -0.39 is 151 Å². The van der Waals surface area contributed by atoms with E-state index in [1.165, 1.54) is 25.1 Å². The number of nitrogens with one attached hydrogen (secondary N) is 8. The summed E-state index contributed by atoms with van der Waals surface area (Å²) in [5.41, 5.74) is 6.26. The molecule has 0 saturated carbocycles. The molecule has 65 heavy (non-hydrogen) atoms. The van der Waals surface area contributed by atoms with Crippen LogP contribution in [0.25, 0.3) is 10.9 Å². The minimum atomic E-state index is -1.76. The number of aliphatic hydroxyl groups is 3. The molecule has 3 aliphatic rings. The van der Waals surface area contributed by atoms with E-state index in [0.717, 1.165) is 16.7 Å². The molecule has 2 bridgehead atoms. The average Bonchev–Trinajstić information content (AvgIpc) is 3.82. The number of H-pyrrole nitrogens is 1. The summed E-state index contributed by atoms with van der Waals surface area (Å²) in [5, 5.41) is 59.4. The Bertz CT molecular complexity index is 2170. The summed E-state index contributed by atoms with van der Waals surface area (Å²) >= 11 is 0.975. The van der Waals surface area contributed by atoms with Crippen LogP contribution < -0.4 is 43.0 Å². The molecule has 23 nitrogen and oxygen atoms in total. The zero-order valence-corrected chi connectivity index (χ0v) is 37.2. The van der Waals surface area contributed by atoms with E-state index in [9.17, 15) is 63.6 Å². The Hall–Kier alpha value is -5.98. The number of rotatable bonds is 8. The monoisotopic (exact) mass is 930 g/mol. The summed E-state index contributed by atoms with van der Waals surface area (Å²) in [6.07, 6.45) is -3.63. The maximum absolute atomic E-state index is 14.5. The molecule has 24 heteroatoms. The van der Waals surface area contributed by atoms with Crippen LogP contribution in [0.1, 0.15) is 58.9 Å². The van der Waals surface area contributed by atoms with Crippen molar-refractivity contribution < 1.29 is 63.6 Å². The maximum atomic E-state index is 14.5. The minimum Gasteiger partial charge on any atom is -0.508 e. The van der Waals surface area contributed by atoms with Gasteiger partial charge < -0.3 is 73.3 Å². The number of aromatic amines is 1. The van der Waals surface area contributed by atoms with Gasteiger partial charge in [0.2, 0.25) is 53.2 Å². The molecule has 3 aliphatic heterocycles. The molecular formula is C41H58N10O13S. The average molecular weight is 931 g/mol. The van der Waals surface area contributed by atoms with Gasteiger partial charge in [-0.15, -0.1) is 11.8 Å². The molecule has 0 spiro atoms. The van der Waals surface area contributed by atoms with Gasteiger partial charge in [-0.1, -0.05) is 40.5 Å². The highest BCUT2D eigenvalue weighted by atomic mass is 32.2. The second-order valence-electron chi connectivity index (χ2n) is 16.6. The van der Waals surface area contributed by atoms with Gasteiger partial charge in [0.15, 0.2) is 0 Å². The molecule has 1 aromatic carbocycles. The summed E-state index contributed by atoms with van der Waals surface area (Å²) in [5.74, 6) is -10.4. The van der Waals surface area contributed by atoms with E-state index in [-0.39, 0.29) is 23.6 Å². The fourth-order valence-electron chi connectivity index (χ4n) is 8.26. The van der Waals surface area contributed by atoms with Gasteiger partial charge in [0, 0.05) is 41.5 Å². The maximum Gasteiger partial charge on any atom is 0.246 e. The summed E-state index contributed by atoms with van der Waals surface area (Å²) in [7, 11) is 0. The SMILES string of the molecule is CCC(CC)[C@@H]1NC(=O)CNC(=O)[C@@H]2Cc3c([nH]c4ccc(O)cc34)S[C@@H](C)[C@H](NC(=O)CNC1=O)C(=O)N[C@@H](CC(N)=O)C(=O)N1C[C@H](O)C[C@H]1C(=O)N[C@@H]([C@@H](C)[C@@H](O)CO)C(=O)N2. The van der Waals surface area contributed by atoms with Crippen molar-refractivity contribution in [3.05, 3.63) is 23.8 Å². The number of phenolic OH excluding ortho intramolecular Hbond substituents is 1. The number of aliphatic hydroxyl groups excluding tert-OH is 3. The first-order chi connectivity index (χ1) is 30.8. The highest BCUT2D eigenvalue weighted by molar-refractivity contribution is 8.00. The lowest BCUT2D eigenvalue weighted by Gasteiger charge is -2.33. The topological polar surface area (TPSA) is 364 Å². The largest absolute Gasteiger partial charge is 0.508 e. The molecule has 14 N–H and O–H groups in total. The van der Waals surface area contributed by atoms with Crippen molar-refractivity contribution in [2.24, 2.45) is 17.6 Å². The zero-order valence-electron chi connectivity index (χ0n) is 36.3. The molecule has 1 aromatic heterocycles. The number of hydrogen-bond donors (Lipinski definition) is 13. The molecule has 1 saturated heterocycles. The van der Waals surface area contributed by atoms with Gasteiger partial charge in [0.25, 0.3) is 0 Å². The predicted molar refractivity (Wildman–Crippen MR) is 231 cm³/mol. The summed E-state index contributed by atoms with van der Waals surface area (Å²) in [6.45, 7) is 3.76. The van der Waals surface area contributed by atoms with Crippen LogP contribution in [0, 0.1) is 11.8 Å². The van der Waals surface area contributed by atoms with Gasteiger partial charge >= 0.3 is 0 Å². The molecule has 2 aromatic rings. The number of fused-ring (bicyclic) bond motifs is 5. The third-order valence-corrected chi connectivity index (χ3v) is 13.2. The van der Waals surface area contributed by atoms with Crippen molar-refractivity contribution in [2.75, 3.05) is 26.2 Å². The smallest absolute Gasteiger partial charge is 0.246 e. The fourth-order valence-corrected chi connectivity index (χ4v) is 9.46. The molecule has 0 aliphatic carbocycles. The molecule has 10 atom stereocenters. The molecule has 1 fully saturated rings. The standard InChI is InChI=1S/C41H58N10O13S/c1-5-19(6-2)34-37(61)44-14-30(57)48-33-18(4)65-40-23(22-9-20(53)7-8-24(22)47-40)11-25(35(59)43-13-31(58)49-34)45-38(62)32(17(3)28(55)16-52)50-36(60)27-10-21(54)15-51(27)41(64)26(12-29(42)56)46-39(33)63/h7-9,17-19,21,25-28,32-34,47,52-55H,5-6,10-16H2,1-4H3,(H2,42,56)(H,43,59)(H,44,61)(H,45,62)(H,46,63)(H,48,57)(H,49,58)(H,50,60)/t17-,18-,21+,25-,26-,27-,28-,32-,33-,34-/m0/s1. The van der Waals surface area contributed by atoms with Crippen molar-refractivity contribution in [3.8, 4) is 5.75 Å². The third-order valence-electron chi connectivity index (χ3n) is 12.0. The number of aromatic hydroxyl groups is 1. The van der Waals surface area contributed by atoms with Crippen LogP contribution in [0.2, 0.25) is 0 Å². The van der Waals surface area contributed by atoms with Crippen molar-refractivity contribution in [2.45, 2.75) is 119 Å². The van der Waals surface area contributed by atoms with Crippen LogP contribution >= 0.6 is 11.8 Å².